The van der Waals surface area contributed by atoms with Crippen LogP contribution in [0.4, 0.5) is 0 Å². The summed E-state index contributed by atoms with van der Waals surface area (Å²) >= 11 is 12.1. The number of carbonyl (C=O) groups is 1. The fraction of sp³-hybridized carbons (Fsp3) is 0.273. The van der Waals surface area contributed by atoms with Gasteiger partial charge >= 0.3 is 5.97 Å². The Morgan fingerprint density at radius 3 is 2.71 bits per heavy atom. The maximum Gasteiger partial charge on any atom is 0.318 e. The SMILES string of the molecule is COC(=O)[C@H]1CON=C1c1c(Cl)cccc1Cl. The normalized spacial score (nSPS) is 18.5. The van der Waals surface area contributed by atoms with Gasteiger partial charge in [0.1, 0.15) is 18.2 Å². The Labute approximate surface area is 108 Å². The molecule has 1 heterocycles. The molecule has 0 unspecified atom stereocenters. The number of esters is 1. The van der Waals surface area contributed by atoms with Gasteiger partial charge in [-0.15, -0.1) is 0 Å². The minimum absolute atomic E-state index is 0.142. The lowest BCUT2D eigenvalue weighted by Gasteiger charge is -2.10. The molecule has 0 aliphatic carbocycles. The third-order valence-electron chi connectivity index (χ3n) is 2.44. The van der Waals surface area contributed by atoms with Crippen LogP contribution in [0.3, 0.4) is 0 Å². The summed E-state index contributed by atoms with van der Waals surface area (Å²) in [5, 5.41) is 4.68. The van der Waals surface area contributed by atoms with Gasteiger partial charge in [-0.25, -0.2) is 0 Å². The van der Waals surface area contributed by atoms with Gasteiger partial charge in [-0.3, -0.25) is 4.79 Å². The molecule has 0 amide bonds. The number of rotatable bonds is 2. The number of methoxy groups -OCH3 is 1. The van der Waals surface area contributed by atoms with Crippen LogP contribution in [0.15, 0.2) is 23.4 Å². The summed E-state index contributed by atoms with van der Waals surface area (Å²) < 4.78 is 4.68. The van der Waals surface area contributed by atoms with Crippen molar-refractivity contribution in [3.05, 3.63) is 33.8 Å². The molecule has 1 aromatic carbocycles. The monoisotopic (exact) mass is 273 g/mol. The second-order valence-electron chi connectivity index (χ2n) is 3.44. The molecule has 4 nitrogen and oxygen atoms in total. The molecule has 1 aromatic rings. The van der Waals surface area contributed by atoms with Crippen molar-refractivity contribution in [1.82, 2.24) is 0 Å². The van der Waals surface area contributed by atoms with E-state index in [1.165, 1.54) is 7.11 Å². The van der Waals surface area contributed by atoms with Gasteiger partial charge in [-0.1, -0.05) is 34.4 Å². The summed E-state index contributed by atoms with van der Waals surface area (Å²) in [5.74, 6) is -1.00. The van der Waals surface area contributed by atoms with Gasteiger partial charge < -0.3 is 9.57 Å². The average Bonchev–Trinajstić information content (AvgIpc) is 2.77. The third-order valence-corrected chi connectivity index (χ3v) is 3.07. The molecule has 1 aliphatic heterocycles. The Kier molecular flexibility index (Phi) is 3.54. The summed E-state index contributed by atoms with van der Waals surface area (Å²) in [6, 6.07) is 5.08. The molecule has 17 heavy (non-hydrogen) atoms. The largest absolute Gasteiger partial charge is 0.468 e. The minimum Gasteiger partial charge on any atom is -0.468 e. The fourth-order valence-corrected chi connectivity index (χ4v) is 2.20. The molecule has 90 valence electrons. The number of benzene rings is 1. The van der Waals surface area contributed by atoms with Crippen LogP contribution in [0.5, 0.6) is 0 Å². The third kappa shape index (κ3) is 2.23. The van der Waals surface area contributed by atoms with Gasteiger partial charge in [0.05, 0.1) is 17.2 Å². The van der Waals surface area contributed by atoms with Gasteiger partial charge in [0.25, 0.3) is 0 Å². The summed E-state index contributed by atoms with van der Waals surface area (Å²) in [5.41, 5.74) is 0.927. The van der Waals surface area contributed by atoms with Crippen molar-refractivity contribution in [2.45, 2.75) is 0 Å². The highest BCUT2D eigenvalue weighted by Gasteiger charge is 2.34. The van der Waals surface area contributed by atoms with Crippen LogP contribution >= 0.6 is 23.2 Å². The molecule has 0 saturated carbocycles. The molecule has 1 atom stereocenters. The zero-order valence-electron chi connectivity index (χ0n) is 8.94. The van der Waals surface area contributed by atoms with Crippen LogP contribution in [0.2, 0.25) is 10.0 Å². The van der Waals surface area contributed by atoms with Crippen molar-refractivity contribution in [3.8, 4) is 0 Å². The standard InChI is InChI=1S/C11H9Cl2NO3/c1-16-11(15)6-5-17-14-10(6)9-7(12)3-2-4-8(9)13/h2-4,6H,5H2,1H3/t6-/m0/s1. The van der Waals surface area contributed by atoms with E-state index in [9.17, 15) is 4.79 Å². The van der Waals surface area contributed by atoms with E-state index in [0.717, 1.165) is 0 Å². The summed E-state index contributed by atoms with van der Waals surface area (Å²) in [6.45, 7) is 0.142. The molecule has 2 rings (SSSR count). The van der Waals surface area contributed by atoms with Gasteiger partial charge in [-0.2, -0.15) is 0 Å². The van der Waals surface area contributed by atoms with Crippen molar-refractivity contribution in [2.75, 3.05) is 13.7 Å². The van der Waals surface area contributed by atoms with Gasteiger partial charge in [0.2, 0.25) is 0 Å². The van der Waals surface area contributed by atoms with Crippen molar-refractivity contribution < 1.29 is 14.4 Å². The number of hydrogen-bond donors (Lipinski definition) is 0. The first-order valence-electron chi connectivity index (χ1n) is 4.87. The van der Waals surface area contributed by atoms with Crippen molar-refractivity contribution in [1.29, 1.82) is 0 Å². The summed E-state index contributed by atoms with van der Waals surface area (Å²) in [7, 11) is 1.31. The van der Waals surface area contributed by atoms with Gasteiger partial charge in [-0.05, 0) is 12.1 Å². The smallest absolute Gasteiger partial charge is 0.318 e. The number of nitrogens with zero attached hydrogens (tertiary/aromatic N) is 1. The van der Waals surface area contributed by atoms with E-state index in [1.54, 1.807) is 18.2 Å². The summed E-state index contributed by atoms with van der Waals surface area (Å²) in [6.07, 6.45) is 0. The molecule has 0 aromatic heterocycles. The quantitative estimate of drug-likeness (QED) is 0.778. The number of hydrogen-bond acceptors (Lipinski definition) is 4. The molecular formula is C11H9Cl2NO3. The van der Waals surface area contributed by atoms with Crippen LogP contribution in [0.1, 0.15) is 5.56 Å². The Balaban J connectivity index is 2.43. The molecule has 0 fully saturated rings. The van der Waals surface area contributed by atoms with Crippen LogP contribution in [-0.4, -0.2) is 25.4 Å². The number of ether oxygens (including phenoxy) is 1. The maximum absolute atomic E-state index is 11.6. The molecule has 0 saturated heterocycles. The Morgan fingerprint density at radius 2 is 2.12 bits per heavy atom. The molecule has 6 heteroatoms. The second-order valence-corrected chi connectivity index (χ2v) is 4.26. The molecule has 0 N–H and O–H groups in total. The van der Waals surface area contributed by atoms with E-state index in [1.807, 2.05) is 0 Å². The zero-order valence-corrected chi connectivity index (χ0v) is 10.5. The van der Waals surface area contributed by atoms with Crippen molar-refractivity contribution in [2.24, 2.45) is 11.1 Å². The van der Waals surface area contributed by atoms with Crippen molar-refractivity contribution >= 4 is 34.9 Å². The van der Waals surface area contributed by atoms with Crippen LogP contribution in [0, 0.1) is 5.92 Å². The van der Waals surface area contributed by atoms with Crippen molar-refractivity contribution in [3.63, 3.8) is 0 Å². The first-order valence-corrected chi connectivity index (χ1v) is 5.62. The van der Waals surface area contributed by atoms with E-state index in [4.69, 9.17) is 28.0 Å². The number of halogens is 2. The lowest BCUT2D eigenvalue weighted by atomic mass is 9.98. The fourth-order valence-electron chi connectivity index (χ4n) is 1.61. The lowest BCUT2D eigenvalue weighted by Crippen LogP contribution is -2.26. The number of oxime groups is 1. The zero-order chi connectivity index (χ0) is 12.4. The molecule has 0 bridgehead atoms. The van der Waals surface area contributed by atoms with Gasteiger partial charge in [0.15, 0.2) is 0 Å². The van der Waals surface area contributed by atoms with Crippen LogP contribution in [0.25, 0.3) is 0 Å². The minimum atomic E-state index is -0.586. The summed E-state index contributed by atoms with van der Waals surface area (Å²) in [4.78, 5) is 16.5. The molecular weight excluding hydrogens is 265 g/mol. The topological polar surface area (TPSA) is 47.9 Å². The highest BCUT2D eigenvalue weighted by molar-refractivity contribution is 6.41. The van der Waals surface area contributed by atoms with Crippen LogP contribution < -0.4 is 0 Å². The van der Waals surface area contributed by atoms with E-state index < -0.39 is 11.9 Å². The van der Waals surface area contributed by atoms with Crippen LogP contribution in [-0.2, 0) is 14.4 Å². The Morgan fingerprint density at radius 1 is 1.47 bits per heavy atom. The Hall–Kier alpha value is -1.26. The van der Waals surface area contributed by atoms with Gasteiger partial charge in [0, 0.05) is 5.56 Å². The Bertz CT molecular complexity index is 467. The predicted octanol–water partition coefficient (Wildman–Crippen LogP) is 2.52. The highest BCUT2D eigenvalue weighted by atomic mass is 35.5. The first kappa shape index (κ1) is 12.2. The number of carbonyl (C=O) groups excluding carboxylic acids is 1. The molecule has 1 aliphatic rings. The highest BCUT2D eigenvalue weighted by Crippen LogP contribution is 2.30. The molecule has 0 radical (unpaired) electrons. The lowest BCUT2D eigenvalue weighted by molar-refractivity contribution is -0.143. The van der Waals surface area contributed by atoms with E-state index in [2.05, 4.69) is 9.89 Å². The second kappa shape index (κ2) is 4.94. The van der Waals surface area contributed by atoms with E-state index >= 15 is 0 Å². The first-order chi connectivity index (χ1) is 8.15. The average molecular weight is 274 g/mol. The van der Waals surface area contributed by atoms with E-state index in [0.29, 0.717) is 21.3 Å². The molecule has 0 spiro atoms. The predicted molar refractivity (Wildman–Crippen MR) is 64.5 cm³/mol. The maximum atomic E-state index is 11.6. The van der Waals surface area contributed by atoms with E-state index in [-0.39, 0.29) is 6.61 Å².